The first-order chi connectivity index (χ1) is 15.3. The number of pyridine rings is 1. The lowest BCUT2D eigenvalue weighted by Gasteiger charge is -2.27. The number of amides is 1. The number of aliphatic imine (C=N–C) groups is 1. The van der Waals surface area contributed by atoms with Gasteiger partial charge in [-0.25, -0.2) is 18.2 Å². The van der Waals surface area contributed by atoms with Crippen molar-refractivity contribution < 1.29 is 22.7 Å². The Morgan fingerprint density at radius 2 is 1.75 bits per heavy atom. The SMILES string of the molecule is COc1cc(-c2ccc(F)cc2)cc(C2(c3ccnc(C(F)F)c3)N=C(N)N(C)C2=O)c1. The molecule has 2 aromatic carbocycles. The topological polar surface area (TPSA) is 80.8 Å². The number of aromatic nitrogens is 1. The zero-order valence-electron chi connectivity index (χ0n) is 17.2. The Balaban J connectivity index is 1.99. The van der Waals surface area contributed by atoms with Crippen molar-refractivity contribution in [2.75, 3.05) is 14.2 Å². The minimum absolute atomic E-state index is 0.0587. The Morgan fingerprint density at radius 1 is 1.03 bits per heavy atom. The number of nitrogens with two attached hydrogens (primary N) is 1. The third-order valence-electron chi connectivity index (χ3n) is 5.40. The molecule has 0 fully saturated rings. The van der Waals surface area contributed by atoms with Crippen LogP contribution in [0.5, 0.6) is 5.75 Å². The van der Waals surface area contributed by atoms with Crippen LogP contribution in [0.15, 0.2) is 65.8 Å². The zero-order chi connectivity index (χ0) is 23.0. The van der Waals surface area contributed by atoms with Crippen LogP contribution in [0.2, 0.25) is 0 Å². The molecule has 0 radical (unpaired) electrons. The van der Waals surface area contributed by atoms with Crippen LogP contribution in [0.4, 0.5) is 13.2 Å². The molecule has 4 rings (SSSR count). The Morgan fingerprint density at radius 3 is 2.34 bits per heavy atom. The van der Waals surface area contributed by atoms with E-state index in [-0.39, 0.29) is 11.5 Å². The number of rotatable bonds is 5. The van der Waals surface area contributed by atoms with Crippen LogP contribution in [0.25, 0.3) is 11.1 Å². The molecular weight excluding hydrogens is 421 g/mol. The molecule has 0 aliphatic carbocycles. The van der Waals surface area contributed by atoms with E-state index < -0.39 is 29.4 Å². The minimum Gasteiger partial charge on any atom is -0.497 e. The lowest BCUT2D eigenvalue weighted by atomic mass is 9.81. The summed E-state index contributed by atoms with van der Waals surface area (Å²) in [5.74, 6) is -0.564. The van der Waals surface area contributed by atoms with E-state index in [1.165, 1.54) is 43.5 Å². The van der Waals surface area contributed by atoms with Crippen LogP contribution in [0, 0.1) is 5.82 Å². The molecule has 1 amide bonds. The number of likely N-dealkylation sites (N-methyl/N-ethyl adjacent to an activating group) is 1. The molecule has 9 heteroatoms. The highest BCUT2D eigenvalue weighted by molar-refractivity contribution is 6.09. The molecule has 0 spiro atoms. The van der Waals surface area contributed by atoms with Crippen molar-refractivity contribution in [2.24, 2.45) is 10.7 Å². The molecule has 6 nitrogen and oxygen atoms in total. The van der Waals surface area contributed by atoms with E-state index in [1.807, 2.05) is 0 Å². The van der Waals surface area contributed by atoms with E-state index in [1.54, 1.807) is 30.3 Å². The number of ether oxygens (including phenoxy) is 1. The standard InChI is InChI=1S/C23H19F3N4O2/c1-30-21(31)23(29-22(30)27,15-7-8-28-19(12-15)20(25)26)16-9-14(10-18(11-16)32-2)13-3-5-17(24)6-4-13/h3-12,20H,1-2H3,(H2,27,29). The maximum absolute atomic E-state index is 13.4. The van der Waals surface area contributed by atoms with Crippen molar-refractivity contribution >= 4 is 11.9 Å². The predicted octanol–water partition coefficient (Wildman–Crippen LogP) is 3.86. The molecule has 1 aliphatic rings. The second-order valence-corrected chi connectivity index (χ2v) is 7.27. The van der Waals surface area contributed by atoms with Crippen LogP contribution >= 0.6 is 0 Å². The van der Waals surface area contributed by atoms with E-state index in [2.05, 4.69) is 9.98 Å². The second kappa shape index (κ2) is 7.99. The molecular formula is C23H19F3N4O2. The van der Waals surface area contributed by atoms with Crippen LogP contribution < -0.4 is 10.5 Å². The molecule has 32 heavy (non-hydrogen) atoms. The molecule has 1 aliphatic heterocycles. The van der Waals surface area contributed by atoms with Gasteiger partial charge >= 0.3 is 0 Å². The molecule has 0 saturated heterocycles. The summed E-state index contributed by atoms with van der Waals surface area (Å²) in [6.45, 7) is 0. The van der Waals surface area contributed by atoms with Crippen molar-refractivity contribution in [1.82, 2.24) is 9.88 Å². The summed E-state index contributed by atoms with van der Waals surface area (Å²) >= 11 is 0. The number of carbonyl (C=O) groups is 1. The minimum atomic E-state index is -2.83. The van der Waals surface area contributed by atoms with Gasteiger partial charge in [0.05, 0.1) is 7.11 Å². The summed E-state index contributed by atoms with van der Waals surface area (Å²) in [6, 6.07) is 13.4. The first kappa shape index (κ1) is 21.4. The van der Waals surface area contributed by atoms with Crippen LogP contribution in [-0.2, 0) is 10.3 Å². The van der Waals surface area contributed by atoms with Gasteiger partial charge in [0.2, 0.25) is 0 Å². The summed E-state index contributed by atoms with van der Waals surface area (Å²) in [5.41, 5.74) is 5.62. The largest absolute Gasteiger partial charge is 0.497 e. The number of nitrogens with zero attached hydrogens (tertiary/aromatic N) is 3. The van der Waals surface area contributed by atoms with Crippen molar-refractivity contribution in [1.29, 1.82) is 0 Å². The smallest absolute Gasteiger partial charge is 0.280 e. The van der Waals surface area contributed by atoms with Gasteiger partial charge in [-0.1, -0.05) is 12.1 Å². The van der Waals surface area contributed by atoms with Gasteiger partial charge in [0.15, 0.2) is 11.5 Å². The maximum Gasteiger partial charge on any atom is 0.280 e. The Labute approximate surface area is 182 Å². The van der Waals surface area contributed by atoms with Gasteiger partial charge in [-0.15, -0.1) is 0 Å². The lowest BCUT2D eigenvalue weighted by Crippen LogP contribution is -2.41. The van der Waals surface area contributed by atoms with Crippen molar-refractivity contribution in [2.45, 2.75) is 12.0 Å². The summed E-state index contributed by atoms with van der Waals surface area (Å²) in [4.78, 5) is 22.7. The molecule has 2 heterocycles. The van der Waals surface area contributed by atoms with Gasteiger partial charge in [0.1, 0.15) is 17.3 Å². The van der Waals surface area contributed by atoms with E-state index in [0.717, 1.165) is 6.07 Å². The number of hydrogen-bond acceptors (Lipinski definition) is 5. The molecule has 164 valence electrons. The molecule has 3 aromatic rings. The molecule has 0 bridgehead atoms. The summed E-state index contributed by atoms with van der Waals surface area (Å²) in [6.07, 6.45) is -1.63. The molecule has 1 aromatic heterocycles. The van der Waals surface area contributed by atoms with Gasteiger partial charge in [-0.3, -0.25) is 14.7 Å². The van der Waals surface area contributed by atoms with Crippen LogP contribution in [0.3, 0.4) is 0 Å². The number of methoxy groups -OCH3 is 1. The zero-order valence-corrected chi connectivity index (χ0v) is 17.2. The fourth-order valence-corrected chi connectivity index (χ4v) is 3.71. The molecule has 2 N–H and O–H groups in total. The number of hydrogen-bond donors (Lipinski definition) is 1. The second-order valence-electron chi connectivity index (χ2n) is 7.27. The van der Waals surface area contributed by atoms with Crippen molar-refractivity contribution in [3.8, 4) is 16.9 Å². The van der Waals surface area contributed by atoms with Gasteiger partial charge in [-0.05, 0) is 64.7 Å². The van der Waals surface area contributed by atoms with E-state index >= 15 is 0 Å². The number of halogens is 3. The summed E-state index contributed by atoms with van der Waals surface area (Å²) in [7, 11) is 2.92. The summed E-state index contributed by atoms with van der Waals surface area (Å²) in [5, 5.41) is 0. The van der Waals surface area contributed by atoms with Gasteiger partial charge in [-0.2, -0.15) is 0 Å². The van der Waals surface area contributed by atoms with Gasteiger partial charge in [0.25, 0.3) is 12.3 Å². The molecule has 1 unspecified atom stereocenters. The average molecular weight is 440 g/mol. The highest BCUT2D eigenvalue weighted by Gasteiger charge is 2.50. The van der Waals surface area contributed by atoms with E-state index in [9.17, 15) is 18.0 Å². The number of guanidine groups is 1. The predicted molar refractivity (Wildman–Crippen MR) is 113 cm³/mol. The van der Waals surface area contributed by atoms with E-state index in [4.69, 9.17) is 10.5 Å². The quantitative estimate of drug-likeness (QED) is 0.653. The van der Waals surface area contributed by atoms with E-state index in [0.29, 0.717) is 22.4 Å². The van der Waals surface area contributed by atoms with Gasteiger partial charge in [0, 0.05) is 13.2 Å². The number of benzene rings is 2. The van der Waals surface area contributed by atoms with Gasteiger partial charge < -0.3 is 10.5 Å². The third-order valence-corrected chi connectivity index (χ3v) is 5.40. The average Bonchev–Trinajstić information content (AvgIpc) is 3.04. The Hall–Kier alpha value is -3.88. The number of alkyl halides is 2. The lowest BCUT2D eigenvalue weighted by molar-refractivity contribution is -0.129. The third kappa shape index (κ3) is 3.45. The maximum atomic E-state index is 13.4. The first-order valence-electron chi connectivity index (χ1n) is 9.60. The fourth-order valence-electron chi connectivity index (χ4n) is 3.71. The summed E-state index contributed by atoms with van der Waals surface area (Å²) < 4.78 is 45.6. The normalized spacial score (nSPS) is 18.2. The Kier molecular flexibility index (Phi) is 5.33. The Bertz CT molecular complexity index is 1210. The van der Waals surface area contributed by atoms with Crippen LogP contribution in [0.1, 0.15) is 23.2 Å². The monoisotopic (exact) mass is 440 g/mol. The highest BCUT2D eigenvalue weighted by atomic mass is 19.3. The van der Waals surface area contributed by atoms with Crippen molar-refractivity contribution in [3.63, 3.8) is 0 Å². The first-order valence-corrected chi connectivity index (χ1v) is 9.60. The molecule has 1 atom stereocenters. The van der Waals surface area contributed by atoms with Crippen LogP contribution in [-0.4, -0.2) is 35.9 Å². The highest BCUT2D eigenvalue weighted by Crippen LogP contribution is 2.42. The van der Waals surface area contributed by atoms with Crippen molar-refractivity contribution in [3.05, 3.63) is 83.4 Å². The molecule has 0 saturated carbocycles. The number of carbonyl (C=O) groups excluding carboxylic acids is 1. The fraction of sp³-hybridized carbons (Fsp3) is 0.174.